The van der Waals surface area contributed by atoms with Crippen molar-refractivity contribution in [2.75, 3.05) is 13.1 Å². The van der Waals surface area contributed by atoms with Gasteiger partial charge in [-0.25, -0.2) is 0 Å². The lowest BCUT2D eigenvalue weighted by molar-refractivity contribution is 0.0955. The number of amides is 1. The first-order valence-electron chi connectivity index (χ1n) is 6.07. The predicted octanol–water partition coefficient (Wildman–Crippen LogP) is 1.62. The predicted molar refractivity (Wildman–Crippen MR) is 72.5 cm³/mol. The van der Waals surface area contributed by atoms with Crippen molar-refractivity contribution in [1.29, 1.82) is 0 Å². The second kappa shape index (κ2) is 5.60. The van der Waals surface area contributed by atoms with Crippen molar-refractivity contribution in [3.8, 4) is 0 Å². The van der Waals surface area contributed by atoms with E-state index in [1.807, 2.05) is 37.3 Å². The molecule has 1 amide bonds. The van der Waals surface area contributed by atoms with E-state index < -0.39 is 0 Å². The van der Waals surface area contributed by atoms with E-state index in [9.17, 15) is 4.79 Å². The first-order valence-corrected chi connectivity index (χ1v) is 6.07. The second-order valence-electron chi connectivity index (χ2n) is 4.23. The molecule has 3 N–H and O–H groups in total. The quantitative estimate of drug-likeness (QED) is 0.802. The van der Waals surface area contributed by atoms with Crippen LogP contribution in [0.25, 0.3) is 10.9 Å². The summed E-state index contributed by atoms with van der Waals surface area (Å²) in [5, 5.41) is 3.76. The van der Waals surface area contributed by atoms with Gasteiger partial charge in [-0.15, -0.1) is 0 Å². The van der Waals surface area contributed by atoms with Gasteiger partial charge in [-0.05, 0) is 32.0 Å². The van der Waals surface area contributed by atoms with Gasteiger partial charge in [0, 0.05) is 17.6 Å². The fourth-order valence-electron chi connectivity index (χ4n) is 1.89. The molecule has 94 valence electrons. The average molecular weight is 243 g/mol. The van der Waals surface area contributed by atoms with Crippen molar-refractivity contribution in [3.63, 3.8) is 0 Å². The monoisotopic (exact) mass is 243 g/mol. The topological polar surface area (TPSA) is 68.0 Å². The summed E-state index contributed by atoms with van der Waals surface area (Å²) in [5.41, 5.74) is 7.78. The molecule has 2 aromatic rings. The summed E-state index contributed by atoms with van der Waals surface area (Å²) in [5.74, 6) is -0.0647. The highest BCUT2D eigenvalue weighted by Crippen LogP contribution is 2.17. The maximum Gasteiger partial charge on any atom is 0.252 e. The van der Waals surface area contributed by atoms with E-state index in [-0.39, 0.29) is 5.91 Å². The number of hydrogen-bond donors (Lipinski definition) is 2. The van der Waals surface area contributed by atoms with Crippen LogP contribution >= 0.6 is 0 Å². The van der Waals surface area contributed by atoms with Gasteiger partial charge in [0.1, 0.15) is 0 Å². The van der Waals surface area contributed by atoms with E-state index in [0.717, 1.165) is 23.0 Å². The normalized spacial score (nSPS) is 10.6. The number of para-hydroxylation sites is 1. The SMILES string of the molecule is Cc1cc(C(=O)NCCCN)c2ccccc2n1. The number of pyridine rings is 1. The summed E-state index contributed by atoms with van der Waals surface area (Å²) < 4.78 is 0. The highest BCUT2D eigenvalue weighted by Gasteiger charge is 2.10. The van der Waals surface area contributed by atoms with Crippen molar-refractivity contribution >= 4 is 16.8 Å². The Hall–Kier alpha value is -1.94. The van der Waals surface area contributed by atoms with Crippen LogP contribution in [-0.2, 0) is 0 Å². The van der Waals surface area contributed by atoms with Gasteiger partial charge in [0.15, 0.2) is 0 Å². The van der Waals surface area contributed by atoms with Crippen LogP contribution in [0.3, 0.4) is 0 Å². The van der Waals surface area contributed by atoms with Crippen molar-refractivity contribution in [3.05, 3.63) is 41.6 Å². The van der Waals surface area contributed by atoms with Crippen LogP contribution in [0.1, 0.15) is 22.5 Å². The van der Waals surface area contributed by atoms with Crippen LogP contribution in [0, 0.1) is 6.92 Å². The number of hydrogen-bond acceptors (Lipinski definition) is 3. The molecular formula is C14H17N3O. The molecule has 0 radical (unpaired) electrons. The third-order valence-electron chi connectivity index (χ3n) is 2.76. The van der Waals surface area contributed by atoms with Gasteiger partial charge in [-0.3, -0.25) is 9.78 Å². The Bertz CT molecular complexity index is 566. The molecule has 0 unspecified atom stereocenters. The minimum atomic E-state index is -0.0647. The van der Waals surface area contributed by atoms with Crippen LogP contribution in [-0.4, -0.2) is 24.0 Å². The second-order valence-corrected chi connectivity index (χ2v) is 4.23. The van der Waals surface area contributed by atoms with Crippen molar-refractivity contribution in [1.82, 2.24) is 10.3 Å². The van der Waals surface area contributed by atoms with Crippen LogP contribution in [0.5, 0.6) is 0 Å². The van der Waals surface area contributed by atoms with Gasteiger partial charge in [0.2, 0.25) is 0 Å². The molecule has 0 spiro atoms. The van der Waals surface area contributed by atoms with Crippen LogP contribution in [0.4, 0.5) is 0 Å². The first-order chi connectivity index (χ1) is 8.72. The number of carbonyl (C=O) groups is 1. The maximum absolute atomic E-state index is 12.1. The largest absolute Gasteiger partial charge is 0.352 e. The third-order valence-corrected chi connectivity index (χ3v) is 2.76. The number of fused-ring (bicyclic) bond motifs is 1. The summed E-state index contributed by atoms with van der Waals surface area (Å²) in [6.45, 7) is 3.07. The molecule has 2 rings (SSSR count). The number of rotatable bonds is 4. The smallest absolute Gasteiger partial charge is 0.252 e. The fourth-order valence-corrected chi connectivity index (χ4v) is 1.89. The lowest BCUT2D eigenvalue weighted by Crippen LogP contribution is -2.26. The zero-order valence-corrected chi connectivity index (χ0v) is 10.4. The van der Waals surface area contributed by atoms with Gasteiger partial charge in [-0.2, -0.15) is 0 Å². The van der Waals surface area contributed by atoms with Gasteiger partial charge in [0.05, 0.1) is 11.1 Å². The Balaban J connectivity index is 2.34. The van der Waals surface area contributed by atoms with Gasteiger partial charge >= 0.3 is 0 Å². The molecule has 0 saturated carbocycles. The minimum absolute atomic E-state index is 0.0647. The number of carbonyl (C=O) groups excluding carboxylic acids is 1. The highest BCUT2D eigenvalue weighted by molar-refractivity contribution is 6.06. The Morgan fingerprint density at radius 1 is 1.39 bits per heavy atom. The summed E-state index contributed by atoms with van der Waals surface area (Å²) >= 11 is 0. The zero-order chi connectivity index (χ0) is 13.0. The molecule has 0 atom stereocenters. The molecule has 0 aliphatic heterocycles. The minimum Gasteiger partial charge on any atom is -0.352 e. The Labute approximate surface area is 106 Å². The molecule has 4 nitrogen and oxygen atoms in total. The fraction of sp³-hybridized carbons (Fsp3) is 0.286. The molecule has 1 aromatic carbocycles. The Morgan fingerprint density at radius 2 is 2.17 bits per heavy atom. The molecule has 0 aliphatic rings. The number of nitrogens with one attached hydrogen (secondary N) is 1. The molecule has 0 bridgehead atoms. The third kappa shape index (κ3) is 2.65. The Kier molecular flexibility index (Phi) is 3.89. The Morgan fingerprint density at radius 3 is 2.94 bits per heavy atom. The molecule has 18 heavy (non-hydrogen) atoms. The number of aryl methyl sites for hydroxylation is 1. The van der Waals surface area contributed by atoms with Gasteiger partial charge in [0.25, 0.3) is 5.91 Å². The number of benzene rings is 1. The molecule has 1 heterocycles. The van der Waals surface area contributed by atoms with Gasteiger partial charge < -0.3 is 11.1 Å². The summed E-state index contributed by atoms with van der Waals surface area (Å²) in [7, 11) is 0. The standard InChI is InChI=1S/C14H17N3O/c1-10-9-12(14(18)16-8-4-7-15)11-5-2-3-6-13(11)17-10/h2-3,5-6,9H,4,7-8,15H2,1H3,(H,16,18). The molecule has 1 aromatic heterocycles. The molecule has 0 saturated heterocycles. The number of aromatic nitrogens is 1. The van der Waals surface area contributed by atoms with Crippen LogP contribution < -0.4 is 11.1 Å². The van der Waals surface area contributed by atoms with E-state index in [0.29, 0.717) is 18.7 Å². The highest BCUT2D eigenvalue weighted by atomic mass is 16.1. The summed E-state index contributed by atoms with van der Waals surface area (Å²) in [4.78, 5) is 16.5. The molecule has 4 heteroatoms. The first kappa shape index (κ1) is 12.5. The maximum atomic E-state index is 12.1. The lowest BCUT2D eigenvalue weighted by Gasteiger charge is -2.08. The summed E-state index contributed by atoms with van der Waals surface area (Å²) in [6, 6.07) is 9.49. The molecule has 0 fully saturated rings. The van der Waals surface area contributed by atoms with E-state index in [2.05, 4.69) is 10.3 Å². The van der Waals surface area contributed by atoms with Crippen molar-refractivity contribution in [2.45, 2.75) is 13.3 Å². The van der Waals surface area contributed by atoms with Crippen LogP contribution in [0.15, 0.2) is 30.3 Å². The molecular weight excluding hydrogens is 226 g/mol. The van der Waals surface area contributed by atoms with Gasteiger partial charge in [-0.1, -0.05) is 18.2 Å². The van der Waals surface area contributed by atoms with Crippen LogP contribution in [0.2, 0.25) is 0 Å². The van der Waals surface area contributed by atoms with E-state index in [1.54, 1.807) is 0 Å². The molecule has 0 aliphatic carbocycles. The zero-order valence-electron chi connectivity index (χ0n) is 10.4. The summed E-state index contributed by atoms with van der Waals surface area (Å²) in [6.07, 6.45) is 0.785. The average Bonchev–Trinajstić information content (AvgIpc) is 2.38. The van der Waals surface area contributed by atoms with Crippen molar-refractivity contribution in [2.24, 2.45) is 5.73 Å². The van der Waals surface area contributed by atoms with E-state index in [1.165, 1.54) is 0 Å². The van der Waals surface area contributed by atoms with E-state index >= 15 is 0 Å². The lowest BCUT2D eigenvalue weighted by atomic mass is 10.1. The number of nitrogens with zero attached hydrogens (tertiary/aromatic N) is 1. The number of nitrogens with two attached hydrogens (primary N) is 1. The van der Waals surface area contributed by atoms with Crippen molar-refractivity contribution < 1.29 is 4.79 Å². The van der Waals surface area contributed by atoms with E-state index in [4.69, 9.17) is 5.73 Å².